The molecule has 0 saturated heterocycles. The van der Waals surface area contributed by atoms with Crippen LogP contribution in [0.2, 0.25) is 0 Å². The van der Waals surface area contributed by atoms with Crippen LogP contribution in [0.15, 0.2) is 0 Å². The zero-order chi connectivity index (χ0) is 3.41. The summed E-state index contributed by atoms with van der Waals surface area (Å²) >= 11 is 0. The maximum atomic E-state index is 7.64. The smallest absolute Gasteiger partial charge is 0.103 e. The number of halogens is 1. The van der Waals surface area contributed by atoms with Crippen LogP contribution in [0.25, 0.3) is 0 Å². The lowest BCUT2D eigenvalue weighted by Gasteiger charge is -1.55. The molecule has 1 nitrogen and oxygen atoms in total. The van der Waals surface area contributed by atoms with Crippen LogP contribution in [0, 0.1) is 12.3 Å². The van der Waals surface area contributed by atoms with Gasteiger partial charge in [-0.3, -0.25) is 0 Å². The third kappa shape index (κ3) is 19.0. The van der Waals surface area contributed by atoms with Crippen LogP contribution >= 0.6 is 12.4 Å². The van der Waals surface area contributed by atoms with E-state index in [1.54, 1.807) is 0 Å². The average molecular weight is 92.5 g/mol. The molecule has 0 atom stereocenters. The molecule has 0 rings (SSSR count). The van der Waals surface area contributed by atoms with Crippen LogP contribution < -0.4 is 0 Å². The Morgan fingerprint density at radius 2 is 2.00 bits per heavy atom. The Morgan fingerprint density at radius 3 is 2.00 bits per heavy atom. The molecule has 0 aliphatic carbocycles. The molecule has 5 heavy (non-hydrogen) atoms. The molecule has 30 valence electrons. The fourth-order valence-corrected chi connectivity index (χ4v) is 0. The SMILES string of the molecule is C#CCO.Cl. The van der Waals surface area contributed by atoms with Crippen LogP contribution in [0.3, 0.4) is 0 Å². The van der Waals surface area contributed by atoms with E-state index in [2.05, 4.69) is 6.42 Å². The van der Waals surface area contributed by atoms with Crippen molar-refractivity contribution in [1.82, 2.24) is 0 Å². The monoisotopic (exact) mass is 92.0 g/mol. The maximum Gasteiger partial charge on any atom is 0.103 e. The fraction of sp³-hybridized carbons (Fsp3) is 0.333. The van der Waals surface area contributed by atoms with E-state index in [-0.39, 0.29) is 19.0 Å². The number of rotatable bonds is 0. The summed E-state index contributed by atoms with van der Waals surface area (Å²) in [4.78, 5) is 0. The van der Waals surface area contributed by atoms with Crippen molar-refractivity contribution in [3.63, 3.8) is 0 Å². The second-order valence-electron chi connectivity index (χ2n) is 0.362. The van der Waals surface area contributed by atoms with E-state index < -0.39 is 0 Å². The van der Waals surface area contributed by atoms with E-state index in [1.165, 1.54) is 0 Å². The summed E-state index contributed by atoms with van der Waals surface area (Å²) in [6, 6.07) is 0. The molecular formula is C3H5ClO. The van der Waals surface area contributed by atoms with E-state index in [9.17, 15) is 0 Å². The predicted molar refractivity (Wildman–Crippen MR) is 23.2 cm³/mol. The third-order valence-electron chi connectivity index (χ3n) is 0.0913. The summed E-state index contributed by atoms with van der Waals surface area (Å²) in [7, 11) is 0. The molecule has 0 aliphatic heterocycles. The fourth-order valence-electron chi connectivity index (χ4n) is 0. The molecule has 0 saturated carbocycles. The van der Waals surface area contributed by atoms with Gasteiger partial charge in [0.1, 0.15) is 6.61 Å². The highest BCUT2D eigenvalue weighted by atomic mass is 35.5. The Balaban J connectivity index is 0. The molecule has 0 aromatic rings. The minimum atomic E-state index is -0.153. The van der Waals surface area contributed by atoms with E-state index in [0.29, 0.717) is 0 Å². The van der Waals surface area contributed by atoms with Crippen LogP contribution in [-0.4, -0.2) is 11.7 Å². The van der Waals surface area contributed by atoms with Crippen LogP contribution in [-0.2, 0) is 0 Å². The molecular weight excluding hydrogens is 87.5 g/mol. The number of terminal acetylenes is 1. The predicted octanol–water partition coefficient (Wildman–Crippen LogP) is 0.0337. The second kappa shape index (κ2) is 9.18. The van der Waals surface area contributed by atoms with Crippen molar-refractivity contribution in [1.29, 1.82) is 0 Å². The molecule has 0 aromatic heterocycles. The largest absolute Gasteiger partial charge is 0.384 e. The molecule has 0 bridgehead atoms. The van der Waals surface area contributed by atoms with Crippen molar-refractivity contribution in [3.05, 3.63) is 0 Å². The molecule has 0 spiro atoms. The van der Waals surface area contributed by atoms with E-state index in [1.807, 2.05) is 5.92 Å². The lowest BCUT2D eigenvalue weighted by Crippen LogP contribution is -1.64. The topological polar surface area (TPSA) is 20.2 Å². The van der Waals surface area contributed by atoms with Crippen molar-refractivity contribution < 1.29 is 5.11 Å². The maximum absolute atomic E-state index is 7.64. The second-order valence-corrected chi connectivity index (χ2v) is 0.362. The minimum Gasteiger partial charge on any atom is -0.384 e. The van der Waals surface area contributed by atoms with Gasteiger partial charge in [0.05, 0.1) is 0 Å². The zero-order valence-corrected chi connectivity index (χ0v) is 3.46. The van der Waals surface area contributed by atoms with Gasteiger partial charge in [0.2, 0.25) is 0 Å². The van der Waals surface area contributed by atoms with Crippen molar-refractivity contribution in [2.75, 3.05) is 6.61 Å². The van der Waals surface area contributed by atoms with Gasteiger partial charge in [0.25, 0.3) is 0 Å². The summed E-state index contributed by atoms with van der Waals surface area (Å²) in [6.45, 7) is -0.153. The molecule has 0 aromatic carbocycles. The highest BCUT2D eigenvalue weighted by Gasteiger charge is 1.43. The van der Waals surface area contributed by atoms with Crippen molar-refractivity contribution in [3.8, 4) is 12.3 Å². The molecule has 1 N–H and O–H groups in total. The van der Waals surface area contributed by atoms with Gasteiger partial charge in [-0.2, -0.15) is 0 Å². The normalized spacial score (nSPS) is 4.00. The van der Waals surface area contributed by atoms with Gasteiger partial charge in [0.15, 0.2) is 0 Å². The van der Waals surface area contributed by atoms with E-state index in [4.69, 9.17) is 5.11 Å². The quantitative estimate of drug-likeness (QED) is 0.418. The lowest BCUT2D eigenvalue weighted by atomic mass is 10.8. The van der Waals surface area contributed by atoms with E-state index >= 15 is 0 Å². The average Bonchev–Trinajstić information content (AvgIpc) is 1.37. The van der Waals surface area contributed by atoms with Crippen LogP contribution in [0.1, 0.15) is 0 Å². The summed E-state index contributed by atoms with van der Waals surface area (Å²) in [5, 5.41) is 7.64. The molecule has 0 aliphatic rings. The molecule has 0 amide bonds. The highest BCUT2D eigenvalue weighted by Crippen LogP contribution is 1.34. The minimum absolute atomic E-state index is 0. The van der Waals surface area contributed by atoms with Gasteiger partial charge in [0, 0.05) is 0 Å². The first-order valence-electron chi connectivity index (χ1n) is 0.958. The Bertz CT molecular complexity index is 36.6. The zero-order valence-electron chi connectivity index (χ0n) is 2.64. The Morgan fingerprint density at radius 1 is 1.80 bits per heavy atom. The lowest BCUT2D eigenvalue weighted by molar-refractivity contribution is 0.351. The van der Waals surface area contributed by atoms with Gasteiger partial charge in [-0.25, -0.2) is 0 Å². The summed E-state index contributed by atoms with van der Waals surface area (Å²) < 4.78 is 0. The number of hydrogen-bond donors (Lipinski definition) is 1. The van der Waals surface area contributed by atoms with Gasteiger partial charge in [-0.1, -0.05) is 5.92 Å². The van der Waals surface area contributed by atoms with E-state index in [0.717, 1.165) is 0 Å². The van der Waals surface area contributed by atoms with Crippen LogP contribution in [0.4, 0.5) is 0 Å². The van der Waals surface area contributed by atoms with Crippen molar-refractivity contribution >= 4 is 12.4 Å². The van der Waals surface area contributed by atoms with Gasteiger partial charge < -0.3 is 5.11 Å². The molecule has 0 heterocycles. The summed E-state index contributed by atoms with van der Waals surface area (Å²) in [5.41, 5.74) is 0. The number of aliphatic hydroxyl groups is 1. The third-order valence-corrected chi connectivity index (χ3v) is 0.0913. The van der Waals surface area contributed by atoms with Gasteiger partial charge in [-0.05, 0) is 0 Å². The Labute approximate surface area is 37.4 Å². The van der Waals surface area contributed by atoms with Crippen LogP contribution in [0.5, 0.6) is 0 Å². The summed E-state index contributed by atoms with van der Waals surface area (Å²) in [6.07, 6.45) is 4.53. The molecule has 0 unspecified atom stereocenters. The standard InChI is InChI=1S/C3H4O.ClH/c1-2-3-4;/h1,4H,3H2;1H. The Hall–Kier alpha value is -0.190. The van der Waals surface area contributed by atoms with Gasteiger partial charge >= 0.3 is 0 Å². The first-order valence-corrected chi connectivity index (χ1v) is 0.958. The molecule has 0 radical (unpaired) electrons. The Kier molecular flexibility index (Phi) is 16.2. The first kappa shape index (κ1) is 8.84. The van der Waals surface area contributed by atoms with Crippen molar-refractivity contribution in [2.45, 2.75) is 0 Å². The number of hydrogen-bond acceptors (Lipinski definition) is 1. The summed E-state index contributed by atoms with van der Waals surface area (Å²) in [5.74, 6) is 1.99. The number of aliphatic hydroxyl groups excluding tert-OH is 1. The molecule has 2 heteroatoms. The first-order chi connectivity index (χ1) is 1.91. The van der Waals surface area contributed by atoms with Gasteiger partial charge in [-0.15, -0.1) is 18.8 Å². The highest BCUT2D eigenvalue weighted by molar-refractivity contribution is 5.85. The van der Waals surface area contributed by atoms with Crippen molar-refractivity contribution in [2.24, 2.45) is 0 Å². The molecule has 0 fully saturated rings.